The van der Waals surface area contributed by atoms with Crippen LogP contribution in [0.3, 0.4) is 0 Å². The van der Waals surface area contributed by atoms with Gasteiger partial charge in [-0.15, -0.1) is 11.3 Å². The van der Waals surface area contributed by atoms with Gasteiger partial charge in [-0.2, -0.15) is 0 Å². The van der Waals surface area contributed by atoms with Crippen LogP contribution >= 0.6 is 11.3 Å². The number of piperidine rings is 1. The third-order valence-corrected chi connectivity index (χ3v) is 5.23. The minimum Gasteiger partial charge on any atom is -0.360 e. The molecular formula is C17H23N3O2S. The molecule has 1 N–H and O–H groups in total. The summed E-state index contributed by atoms with van der Waals surface area (Å²) in [6, 6.07) is 6.53. The van der Waals surface area contributed by atoms with Gasteiger partial charge in [-0.1, -0.05) is 17.6 Å². The van der Waals surface area contributed by atoms with Gasteiger partial charge in [0, 0.05) is 17.0 Å². The summed E-state index contributed by atoms with van der Waals surface area (Å²) < 4.78 is 4.98. The van der Waals surface area contributed by atoms with Crippen LogP contribution < -0.4 is 5.32 Å². The Hall–Kier alpha value is -1.66. The molecule has 1 fully saturated rings. The average molecular weight is 333 g/mol. The number of aromatic nitrogens is 1. The molecule has 0 spiro atoms. The van der Waals surface area contributed by atoms with E-state index in [9.17, 15) is 4.79 Å². The number of nitrogens with one attached hydrogen (secondary N) is 1. The molecule has 3 heterocycles. The quantitative estimate of drug-likeness (QED) is 0.879. The number of thiophene rings is 1. The maximum absolute atomic E-state index is 12.2. The predicted molar refractivity (Wildman–Crippen MR) is 91.7 cm³/mol. The zero-order valence-electron chi connectivity index (χ0n) is 13.5. The highest BCUT2D eigenvalue weighted by Crippen LogP contribution is 2.22. The molecule has 2 aromatic rings. The maximum Gasteiger partial charge on any atom is 0.239 e. The van der Waals surface area contributed by atoms with Gasteiger partial charge in [-0.25, -0.2) is 0 Å². The van der Waals surface area contributed by atoms with Crippen molar-refractivity contribution in [1.29, 1.82) is 0 Å². The fourth-order valence-electron chi connectivity index (χ4n) is 3.15. The number of hydrogen-bond donors (Lipinski definition) is 1. The lowest BCUT2D eigenvalue weighted by Gasteiger charge is -2.35. The van der Waals surface area contributed by atoms with Crippen LogP contribution in [0.1, 0.15) is 36.3 Å². The van der Waals surface area contributed by atoms with Gasteiger partial charge in [0.1, 0.15) is 5.76 Å². The highest BCUT2D eigenvalue weighted by molar-refractivity contribution is 7.09. The summed E-state index contributed by atoms with van der Waals surface area (Å²) in [5.74, 6) is 1.19. The van der Waals surface area contributed by atoms with Crippen LogP contribution in [0.5, 0.6) is 0 Å². The minimum atomic E-state index is -0.0127. The maximum atomic E-state index is 12.2. The van der Waals surface area contributed by atoms with Crippen LogP contribution in [-0.4, -0.2) is 35.1 Å². The molecule has 23 heavy (non-hydrogen) atoms. The standard InChI is InChI=1S/C17H23N3O2S/c1-13-11-16(19-22-13)18-17(21)12-20-9-3-2-5-14(20)7-8-15-6-4-10-23-15/h4,6,10-11,14H,2-3,5,7-9,12H2,1H3,(H,18,19,21)/t14-/m0/s1. The second kappa shape index (κ2) is 7.75. The Bertz CT molecular complexity index is 624. The van der Waals surface area contributed by atoms with Crippen LogP contribution in [0.15, 0.2) is 28.1 Å². The van der Waals surface area contributed by atoms with E-state index in [0.717, 1.165) is 19.4 Å². The summed E-state index contributed by atoms with van der Waals surface area (Å²) >= 11 is 1.81. The molecule has 6 heteroatoms. The smallest absolute Gasteiger partial charge is 0.239 e. The van der Waals surface area contributed by atoms with Gasteiger partial charge in [-0.05, 0) is 50.6 Å². The fourth-order valence-corrected chi connectivity index (χ4v) is 3.88. The molecular weight excluding hydrogens is 310 g/mol. The van der Waals surface area contributed by atoms with Crippen LogP contribution in [0, 0.1) is 6.92 Å². The van der Waals surface area contributed by atoms with E-state index in [1.807, 2.05) is 18.3 Å². The Morgan fingerprint density at radius 2 is 2.43 bits per heavy atom. The first-order valence-corrected chi connectivity index (χ1v) is 9.08. The van der Waals surface area contributed by atoms with Crippen LogP contribution in [-0.2, 0) is 11.2 Å². The third-order valence-electron chi connectivity index (χ3n) is 4.30. The van der Waals surface area contributed by atoms with Crippen molar-refractivity contribution in [1.82, 2.24) is 10.1 Å². The molecule has 0 aromatic carbocycles. The van der Waals surface area contributed by atoms with Gasteiger partial charge in [0.05, 0.1) is 6.54 Å². The van der Waals surface area contributed by atoms with Crippen LogP contribution in [0.2, 0.25) is 0 Å². The summed E-state index contributed by atoms with van der Waals surface area (Å²) in [7, 11) is 0. The summed E-state index contributed by atoms with van der Waals surface area (Å²) in [4.78, 5) is 16.0. The van der Waals surface area contributed by atoms with E-state index in [-0.39, 0.29) is 5.91 Å². The van der Waals surface area contributed by atoms with Crippen LogP contribution in [0.25, 0.3) is 0 Å². The lowest BCUT2D eigenvalue weighted by molar-refractivity contribution is -0.118. The Balaban J connectivity index is 1.52. The highest BCUT2D eigenvalue weighted by atomic mass is 32.1. The number of carbonyl (C=O) groups is 1. The number of aryl methyl sites for hydroxylation is 2. The Morgan fingerprint density at radius 3 is 3.17 bits per heavy atom. The van der Waals surface area contributed by atoms with E-state index < -0.39 is 0 Å². The SMILES string of the molecule is Cc1cc(NC(=O)CN2CCCC[C@H]2CCc2cccs2)no1. The van der Waals surface area contributed by atoms with E-state index in [2.05, 4.69) is 32.9 Å². The minimum absolute atomic E-state index is 0.0127. The lowest BCUT2D eigenvalue weighted by Crippen LogP contribution is -2.44. The number of amides is 1. The molecule has 0 radical (unpaired) electrons. The van der Waals surface area contributed by atoms with Crippen molar-refractivity contribution < 1.29 is 9.32 Å². The molecule has 1 amide bonds. The van der Waals surface area contributed by atoms with Gasteiger partial charge >= 0.3 is 0 Å². The Labute approximate surface area is 140 Å². The number of carbonyl (C=O) groups excluding carboxylic acids is 1. The van der Waals surface area contributed by atoms with E-state index >= 15 is 0 Å². The molecule has 1 saturated heterocycles. The van der Waals surface area contributed by atoms with Crippen molar-refractivity contribution in [2.24, 2.45) is 0 Å². The molecule has 1 aliphatic heterocycles. The van der Waals surface area contributed by atoms with Crippen molar-refractivity contribution in [3.05, 3.63) is 34.2 Å². The third kappa shape index (κ3) is 4.65. The zero-order chi connectivity index (χ0) is 16.1. The first-order chi connectivity index (χ1) is 11.2. The van der Waals surface area contributed by atoms with Crippen molar-refractivity contribution in [3.63, 3.8) is 0 Å². The first kappa shape index (κ1) is 16.2. The number of rotatable bonds is 6. The van der Waals surface area contributed by atoms with Crippen molar-refractivity contribution >= 4 is 23.1 Å². The molecule has 2 aromatic heterocycles. The van der Waals surface area contributed by atoms with E-state index in [0.29, 0.717) is 24.2 Å². The van der Waals surface area contributed by atoms with Gasteiger partial charge in [0.15, 0.2) is 5.82 Å². The molecule has 3 rings (SSSR count). The Kier molecular flexibility index (Phi) is 5.46. The van der Waals surface area contributed by atoms with Gasteiger partial charge in [0.2, 0.25) is 5.91 Å². The molecule has 0 bridgehead atoms. The lowest BCUT2D eigenvalue weighted by atomic mass is 9.97. The molecule has 0 aliphatic carbocycles. The van der Waals surface area contributed by atoms with E-state index in [1.165, 1.54) is 24.1 Å². The van der Waals surface area contributed by atoms with Crippen molar-refractivity contribution in [2.75, 3.05) is 18.4 Å². The van der Waals surface area contributed by atoms with Crippen LogP contribution in [0.4, 0.5) is 5.82 Å². The summed E-state index contributed by atoms with van der Waals surface area (Å²) in [6.45, 7) is 3.25. The van der Waals surface area contributed by atoms with Crippen molar-refractivity contribution in [2.45, 2.75) is 45.1 Å². The second-order valence-electron chi connectivity index (χ2n) is 6.11. The van der Waals surface area contributed by atoms with Gasteiger partial charge in [0.25, 0.3) is 0 Å². The molecule has 124 valence electrons. The number of likely N-dealkylation sites (tertiary alicyclic amines) is 1. The fraction of sp³-hybridized carbons (Fsp3) is 0.529. The molecule has 0 saturated carbocycles. The average Bonchev–Trinajstić information content (AvgIpc) is 3.18. The second-order valence-corrected chi connectivity index (χ2v) is 7.14. The monoisotopic (exact) mass is 333 g/mol. The molecule has 0 unspecified atom stereocenters. The summed E-state index contributed by atoms with van der Waals surface area (Å²) in [5.41, 5.74) is 0. The van der Waals surface area contributed by atoms with E-state index in [1.54, 1.807) is 6.07 Å². The first-order valence-electron chi connectivity index (χ1n) is 8.20. The van der Waals surface area contributed by atoms with Crippen molar-refractivity contribution in [3.8, 4) is 0 Å². The zero-order valence-corrected chi connectivity index (χ0v) is 14.3. The number of hydrogen-bond acceptors (Lipinski definition) is 5. The number of anilines is 1. The topological polar surface area (TPSA) is 58.4 Å². The predicted octanol–water partition coefficient (Wildman–Crippen LogP) is 3.47. The normalized spacial score (nSPS) is 18.9. The Morgan fingerprint density at radius 1 is 1.52 bits per heavy atom. The van der Waals surface area contributed by atoms with Gasteiger partial charge < -0.3 is 9.84 Å². The number of nitrogens with zero attached hydrogens (tertiary/aromatic N) is 2. The molecule has 1 aliphatic rings. The molecule has 1 atom stereocenters. The van der Waals surface area contributed by atoms with E-state index in [4.69, 9.17) is 4.52 Å². The van der Waals surface area contributed by atoms with Gasteiger partial charge in [-0.3, -0.25) is 9.69 Å². The highest BCUT2D eigenvalue weighted by Gasteiger charge is 2.24. The molecule has 5 nitrogen and oxygen atoms in total. The largest absolute Gasteiger partial charge is 0.360 e. The summed E-state index contributed by atoms with van der Waals surface area (Å²) in [5, 5.41) is 8.76. The summed E-state index contributed by atoms with van der Waals surface area (Å²) in [6.07, 6.45) is 5.84.